The normalized spacial score (nSPS) is 18.4. The van der Waals surface area contributed by atoms with Gasteiger partial charge < -0.3 is 0 Å². The summed E-state index contributed by atoms with van der Waals surface area (Å²) in [5.74, 6) is -0.0241. The highest BCUT2D eigenvalue weighted by Gasteiger charge is 2.29. The lowest BCUT2D eigenvalue weighted by atomic mass is 9.90. The van der Waals surface area contributed by atoms with E-state index in [1.54, 1.807) is 24.3 Å². The molecule has 6 heteroatoms. The molecular weight excluding hydrogens is 286 g/mol. The van der Waals surface area contributed by atoms with Crippen LogP contribution in [0.1, 0.15) is 23.2 Å². The van der Waals surface area contributed by atoms with Crippen LogP contribution in [0.25, 0.3) is 0 Å². The molecule has 1 heterocycles. The van der Waals surface area contributed by atoms with Crippen molar-refractivity contribution in [2.45, 2.75) is 12.8 Å². The summed E-state index contributed by atoms with van der Waals surface area (Å²) >= 11 is 5.79. The topological polar surface area (TPSA) is 54.5 Å². The molecule has 0 spiro atoms. The monoisotopic (exact) mass is 301 g/mol. The van der Waals surface area contributed by atoms with Gasteiger partial charge in [0, 0.05) is 29.6 Å². The van der Waals surface area contributed by atoms with E-state index in [-0.39, 0.29) is 11.7 Å². The van der Waals surface area contributed by atoms with E-state index in [9.17, 15) is 13.2 Å². The second-order valence-electron chi connectivity index (χ2n) is 4.81. The Morgan fingerprint density at radius 1 is 1.21 bits per heavy atom. The zero-order valence-electron chi connectivity index (χ0n) is 10.7. The van der Waals surface area contributed by atoms with Crippen LogP contribution in [-0.4, -0.2) is 37.9 Å². The molecule has 0 radical (unpaired) electrons. The van der Waals surface area contributed by atoms with Crippen molar-refractivity contribution in [1.29, 1.82) is 0 Å². The number of Topliss-reactive ketones (excluding diaryl/α,β-unsaturated/α-hetero) is 1. The number of halogens is 1. The van der Waals surface area contributed by atoms with Gasteiger partial charge >= 0.3 is 0 Å². The molecule has 1 aliphatic rings. The van der Waals surface area contributed by atoms with E-state index < -0.39 is 10.0 Å². The van der Waals surface area contributed by atoms with Gasteiger partial charge in [0.25, 0.3) is 0 Å². The third-order valence-corrected chi connectivity index (χ3v) is 4.98. The van der Waals surface area contributed by atoms with Crippen LogP contribution in [0.3, 0.4) is 0 Å². The van der Waals surface area contributed by atoms with Crippen LogP contribution in [0.5, 0.6) is 0 Å². The van der Waals surface area contributed by atoms with Crippen LogP contribution in [0, 0.1) is 5.92 Å². The van der Waals surface area contributed by atoms with Crippen molar-refractivity contribution in [3.63, 3.8) is 0 Å². The molecule has 2 rings (SSSR count). The molecule has 1 aliphatic heterocycles. The number of sulfonamides is 1. The molecule has 0 aromatic heterocycles. The summed E-state index contributed by atoms with van der Waals surface area (Å²) < 4.78 is 24.2. The number of hydrogen-bond acceptors (Lipinski definition) is 3. The van der Waals surface area contributed by atoms with Crippen molar-refractivity contribution in [3.8, 4) is 0 Å². The van der Waals surface area contributed by atoms with E-state index in [1.165, 1.54) is 10.6 Å². The highest BCUT2D eigenvalue weighted by Crippen LogP contribution is 2.23. The summed E-state index contributed by atoms with van der Waals surface area (Å²) in [4.78, 5) is 12.3. The van der Waals surface area contributed by atoms with E-state index in [0.717, 1.165) is 0 Å². The number of carbonyl (C=O) groups excluding carboxylic acids is 1. The van der Waals surface area contributed by atoms with E-state index in [2.05, 4.69) is 0 Å². The Morgan fingerprint density at radius 2 is 1.74 bits per heavy atom. The minimum atomic E-state index is -3.14. The van der Waals surface area contributed by atoms with E-state index in [1.807, 2.05) is 0 Å². The van der Waals surface area contributed by atoms with Crippen molar-refractivity contribution in [1.82, 2.24) is 4.31 Å². The van der Waals surface area contributed by atoms with Gasteiger partial charge in [-0.2, -0.15) is 0 Å². The molecule has 0 amide bonds. The maximum atomic E-state index is 12.3. The second kappa shape index (κ2) is 5.61. The van der Waals surface area contributed by atoms with E-state index in [4.69, 9.17) is 11.6 Å². The lowest BCUT2D eigenvalue weighted by Gasteiger charge is -2.29. The quantitative estimate of drug-likeness (QED) is 0.804. The summed E-state index contributed by atoms with van der Waals surface area (Å²) in [6.07, 6.45) is 2.36. The van der Waals surface area contributed by atoms with Gasteiger partial charge in [-0.15, -0.1) is 0 Å². The fourth-order valence-corrected chi connectivity index (χ4v) is 3.30. The van der Waals surface area contributed by atoms with Gasteiger partial charge in [-0.25, -0.2) is 12.7 Å². The number of ketones is 1. The zero-order valence-corrected chi connectivity index (χ0v) is 12.2. The third-order valence-electron chi connectivity index (χ3n) is 3.42. The number of benzene rings is 1. The highest BCUT2D eigenvalue weighted by molar-refractivity contribution is 7.88. The van der Waals surface area contributed by atoms with Crippen molar-refractivity contribution in [2.75, 3.05) is 19.3 Å². The number of piperidine rings is 1. The molecule has 0 N–H and O–H groups in total. The first-order chi connectivity index (χ1) is 8.88. The lowest BCUT2D eigenvalue weighted by Crippen LogP contribution is -2.39. The molecule has 19 heavy (non-hydrogen) atoms. The zero-order chi connectivity index (χ0) is 14.0. The molecule has 4 nitrogen and oxygen atoms in total. The number of carbonyl (C=O) groups is 1. The first kappa shape index (κ1) is 14.5. The first-order valence-corrected chi connectivity index (χ1v) is 8.35. The number of rotatable bonds is 3. The predicted octanol–water partition coefficient (Wildman–Crippen LogP) is 2.19. The van der Waals surface area contributed by atoms with Crippen molar-refractivity contribution in [3.05, 3.63) is 34.9 Å². The maximum Gasteiger partial charge on any atom is 0.211 e. The molecule has 0 aliphatic carbocycles. The van der Waals surface area contributed by atoms with Crippen LogP contribution in [0.4, 0.5) is 0 Å². The van der Waals surface area contributed by atoms with E-state index >= 15 is 0 Å². The van der Waals surface area contributed by atoms with Crippen molar-refractivity contribution in [2.24, 2.45) is 5.92 Å². The minimum Gasteiger partial charge on any atom is -0.294 e. The molecule has 1 aromatic carbocycles. The Bertz CT molecular complexity index is 560. The van der Waals surface area contributed by atoms with E-state index in [0.29, 0.717) is 36.5 Å². The molecule has 0 bridgehead atoms. The maximum absolute atomic E-state index is 12.3. The van der Waals surface area contributed by atoms with Gasteiger partial charge in [0.05, 0.1) is 6.26 Å². The second-order valence-corrected chi connectivity index (χ2v) is 7.23. The molecule has 104 valence electrons. The fourth-order valence-electron chi connectivity index (χ4n) is 2.30. The molecule has 1 fully saturated rings. The van der Waals surface area contributed by atoms with Crippen molar-refractivity contribution < 1.29 is 13.2 Å². The van der Waals surface area contributed by atoms with Crippen LogP contribution in [-0.2, 0) is 10.0 Å². The number of nitrogens with zero attached hydrogens (tertiary/aromatic N) is 1. The summed E-state index contributed by atoms with van der Waals surface area (Å²) in [6, 6.07) is 6.82. The Balaban J connectivity index is 2.02. The average Bonchev–Trinajstić information content (AvgIpc) is 2.38. The van der Waals surface area contributed by atoms with Gasteiger partial charge in [-0.1, -0.05) is 11.6 Å². The Hall–Kier alpha value is -0.910. The van der Waals surface area contributed by atoms with Crippen LogP contribution in [0.15, 0.2) is 24.3 Å². The van der Waals surface area contributed by atoms with Crippen molar-refractivity contribution >= 4 is 27.4 Å². The molecular formula is C13H16ClNO3S. The molecule has 0 atom stereocenters. The Kier molecular flexibility index (Phi) is 4.28. The SMILES string of the molecule is CS(=O)(=O)N1CCC(C(=O)c2ccc(Cl)cc2)CC1. The predicted molar refractivity (Wildman–Crippen MR) is 74.9 cm³/mol. The largest absolute Gasteiger partial charge is 0.294 e. The lowest BCUT2D eigenvalue weighted by molar-refractivity contribution is 0.0875. The number of hydrogen-bond donors (Lipinski definition) is 0. The molecule has 1 aromatic rings. The van der Waals surface area contributed by atoms with Crippen LogP contribution < -0.4 is 0 Å². The fraction of sp³-hybridized carbons (Fsp3) is 0.462. The molecule has 1 saturated heterocycles. The average molecular weight is 302 g/mol. The highest BCUT2D eigenvalue weighted by atomic mass is 35.5. The van der Waals surface area contributed by atoms with Crippen LogP contribution >= 0.6 is 11.6 Å². The smallest absolute Gasteiger partial charge is 0.211 e. The molecule has 0 saturated carbocycles. The Morgan fingerprint density at radius 3 is 2.21 bits per heavy atom. The first-order valence-electron chi connectivity index (χ1n) is 6.13. The Labute approximate surface area is 118 Å². The summed E-state index contributed by atoms with van der Waals surface area (Å²) in [7, 11) is -3.14. The minimum absolute atomic E-state index is 0.0739. The van der Waals surface area contributed by atoms with Gasteiger partial charge in [-0.05, 0) is 37.1 Å². The molecule has 0 unspecified atom stereocenters. The summed E-state index contributed by atoms with van der Waals surface area (Å²) in [5, 5.41) is 0.600. The van der Waals surface area contributed by atoms with Gasteiger partial charge in [-0.3, -0.25) is 4.79 Å². The van der Waals surface area contributed by atoms with Gasteiger partial charge in [0.15, 0.2) is 5.78 Å². The van der Waals surface area contributed by atoms with Gasteiger partial charge in [0.1, 0.15) is 0 Å². The third kappa shape index (κ3) is 3.55. The summed E-state index contributed by atoms with van der Waals surface area (Å²) in [5.41, 5.74) is 0.641. The standard InChI is InChI=1S/C13H16ClNO3S/c1-19(17,18)15-8-6-11(7-9-15)13(16)10-2-4-12(14)5-3-10/h2-5,11H,6-9H2,1H3. The van der Waals surface area contributed by atoms with Gasteiger partial charge in [0.2, 0.25) is 10.0 Å². The summed E-state index contributed by atoms with van der Waals surface area (Å²) in [6.45, 7) is 0.839. The van der Waals surface area contributed by atoms with Crippen LogP contribution in [0.2, 0.25) is 5.02 Å².